The zero-order chi connectivity index (χ0) is 24.4. The van der Waals surface area contributed by atoms with Gasteiger partial charge >= 0.3 is 6.09 Å². The van der Waals surface area contributed by atoms with E-state index >= 15 is 0 Å². The maximum Gasteiger partial charge on any atom is 0.412 e. The number of hydrogen-bond acceptors (Lipinski definition) is 6. The number of benzene rings is 2. The molecule has 0 atom stereocenters. The van der Waals surface area contributed by atoms with Crippen LogP contribution in [0.5, 0.6) is 0 Å². The van der Waals surface area contributed by atoms with Gasteiger partial charge in [0.05, 0.1) is 16.8 Å². The summed E-state index contributed by atoms with van der Waals surface area (Å²) in [6, 6.07) is 12.2. The summed E-state index contributed by atoms with van der Waals surface area (Å²) in [5.74, 6) is 0.225. The van der Waals surface area contributed by atoms with Crippen molar-refractivity contribution in [2.75, 3.05) is 14.9 Å². The van der Waals surface area contributed by atoms with Crippen LogP contribution in [-0.2, 0) is 10.0 Å². The number of sulfonamides is 1. The Morgan fingerprint density at radius 2 is 1.73 bits per heavy atom. The van der Waals surface area contributed by atoms with Crippen molar-refractivity contribution in [3.05, 3.63) is 65.0 Å². The number of anilines is 4. The molecule has 0 saturated heterocycles. The molecule has 0 saturated carbocycles. The molecule has 1 amide bonds. The molecule has 12 heteroatoms. The summed E-state index contributed by atoms with van der Waals surface area (Å²) in [6.45, 7) is 5.23. The second-order valence-electron chi connectivity index (χ2n) is 7.93. The molecule has 1 aromatic heterocycles. The minimum atomic E-state index is -3.99. The number of hydrogen-bond donors (Lipinski definition) is 3. The van der Waals surface area contributed by atoms with E-state index in [9.17, 15) is 18.3 Å². The molecule has 0 aliphatic heterocycles. The molecule has 0 radical (unpaired) electrons. The van der Waals surface area contributed by atoms with Crippen LogP contribution in [0.15, 0.2) is 59.6 Å². The molecule has 2 aromatic carbocycles. The number of nitrogens with zero attached hydrogens (tertiary/aromatic N) is 3. The Balaban J connectivity index is 1.88. The Morgan fingerprint density at radius 3 is 2.39 bits per heavy atom. The largest absolute Gasteiger partial charge is 0.465 e. The highest BCUT2D eigenvalue weighted by Gasteiger charge is 2.28. The lowest BCUT2D eigenvalue weighted by molar-refractivity contribution is 0.195. The van der Waals surface area contributed by atoms with E-state index in [1.807, 2.05) is 0 Å². The maximum absolute atomic E-state index is 13.0. The highest BCUT2D eigenvalue weighted by Crippen LogP contribution is 2.29. The van der Waals surface area contributed by atoms with Crippen LogP contribution in [0, 0.1) is 0 Å². The standard InChI is InChI=1S/C21H21Cl2N5O4S/c1-21(2,3)28(20(29)30)15-8-4-7-14(10-15)27-33(31,32)16-9-5-6-13(11-16)25-18-17(22)12-24-19(23)26-18/h4-12,27H,1-3H3,(H,29,30)(H,24,25,26). The molecule has 0 bridgehead atoms. The van der Waals surface area contributed by atoms with Crippen molar-refractivity contribution in [3.63, 3.8) is 0 Å². The quantitative estimate of drug-likeness (QED) is 0.368. The van der Waals surface area contributed by atoms with Gasteiger partial charge in [-0.05, 0) is 68.8 Å². The van der Waals surface area contributed by atoms with Gasteiger partial charge in [0, 0.05) is 16.9 Å². The third-order valence-electron chi connectivity index (χ3n) is 4.34. The Bertz CT molecular complexity index is 1300. The van der Waals surface area contributed by atoms with E-state index in [1.165, 1.54) is 30.5 Å². The lowest BCUT2D eigenvalue weighted by Gasteiger charge is -2.33. The van der Waals surface area contributed by atoms with Gasteiger partial charge in [-0.15, -0.1) is 0 Å². The summed E-state index contributed by atoms with van der Waals surface area (Å²) in [5, 5.41) is 12.7. The monoisotopic (exact) mass is 509 g/mol. The molecule has 9 nitrogen and oxygen atoms in total. The first-order chi connectivity index (χ1) is 15.4. The maximum atomic E-state index is 13.0. The number of amides is 1. The SMILES string of the molecule is CC(C)(C)N(C(=O)O)c1cccc(NS(=O)(=O)c2cccc(Nc3nc(Cl)ncc3Cl)c2)c1. The van der Waals surface area contributed by atoms with Crippen molar-refractivity contribution in [2.24, 2.45) is 0 Å². The molecule has 33 heavy (non-hydrogen) atoms. The normalized spacial score (nSPS) is 11.7. The van der Waals surface area contributed by atoms with Crippen molar-refractivity contribution in [3.8, 4) is 0 Å². The number of aromatic nitrogens is 2. The molecule has 0 aliphatic rings. The molecule has 0 aliphatic carbocycles. The number of carbonyl (C=O) groups is 1. The lowest BCUT2D eigenvalue weighted by atomic mass is 10.1. The molecule has 0 spiro atoms. The molecule has 0 unspecified atom stereocenters. The van der Waals surface area contributed by atoms with E-state index in [2.05, 4.69) is 20.0 Å². The van der Waals surface area contributed by atoms with E-state index in [-0.39, 0.29) is 26.7 Å². The van der Waals surface area contributed by atoms with Crippen LogP contribution in [-0.4, -0.2) is 35.1 Å². The Labute approximate surface area is 201 Å². The Kier molecular flexibility index (Phi) is 7.01. The highest BCUT2D eigenvalue weighted by atomic mass is 35.5. The predicted molar refractivity (Wildman–Crippen MR) is 129 cm³/mol. The van der Waals surface area contributed by atoms with Crippen LogP contribution < -0.4 is 14.9 Å². The highest BCUT2D eigenvalue weighted by molar-refractivity contribution is 7.92. The van der Waals surface area contributed by atoms with Gasteiger partial charge in [-0.2, -0.15) is 4.98 Å². The summed E-state index contributed by atoms with van der Waals surface area (Å²) < 4.78 is 28.5. The second-order valence-corrected chi connectivity index (χ2v) is 10.4. The second kappa shape index (κ2) is 9.42. The van der Waals surface area contributed by atoms with E-state index < -0.39 is 21.7 Å². The average molecular weight is 510 g/mol. The molecule has 3 N–H and O–H groups in total. The summed E-state index contributed by atoms with van der Waals surface area (Å²) >= 11 is 11.8. The minimum Gasteiger partial charge on any atom is -0.465 e. The lowest BCUT2D eigenvalue weighted by Crippen LogP contribution is -2.45. The molecule has 0 fully saturated rings. The summed E-state index contributed by atoms with van der Waals surface area (Å²) in [7, 11) is -3.99. The smallest absolute Gasteiger partial charge is 0.412 e. The van der Waals surface area contributed by atoms with E-state index in [0.717, 1.165) is 4.90 Å². The van der Waals surface area contributed by atoms with Gasteiger partial charge in [-0.1, -0.05) is 23.7 Å². The van der Waals surface area contributed by atoms with Gasteiger partial charge < -0.3 is 10.4 Å². The van der Waals surface area contributed by atoms with Crippen LogP contribution >= 0.6 is 23.2 Å². The zero-order valence-corrected chi connectivity index (χ0v) is 20.2. The van der Waals surface area contributed by atoms with Crippen LogP contribution in [0.4, 0.5) is 27.7 Å². The number of halogens is 2. The first kappa shape index (κ1) is 24.6. The van der Waals surface area contributed by atoms with Crippen molar-refractivity contribution in [1.82, 2.24) is 9.97 Å². The third kappa shape index (κ3) is 6.04. The Hall–Kier alpha value is -3.08. The third-order valence-corrected chi connectivity index (χ3v) is 6.18. The van der Waals surface area contributed by atoms with Crippen molar-refractivity contribution < 1.29 is 18.3 Å². The molecule has 174 valence electrons. The first-order valence-corrected chi connectivity index (χ1v) is 11.8. The van der Waals surface area contributed by atoms with E-state index in [1.54, 1.807) is 45.0 Å². The molecule has 3 rings (SSSR count). The number of nitrogens with one attached hydrogen (secondary N) is 2. The number of rotatable bonds is 6. The topological polar surface area (TPSA) is 125 Å². The average Bonchev–Trinajstić information content (AvgIpc) is 2.69. The van der Waals surface area contributed by atoms with Gasteiger partial charge in [0.15, 0.2) is 5.82 Å². The van der Waals surface area contributed by atoms with Gasteiger partial charge in [-0.25, -0.2) is 18.2 Å². The Morgan fingerprint density at radius 1 is 1.06 bits per heavy atom. The fourth-order valence-corrected chi connectivity index (χ4v) is 4.38. The van der Waals surface area contributed by atoms with Gasteiger partial charge in [0.1, 0.15) is 5.02 Å². The van der Waals surface area contributed by atoms with Crippen LogP contribution in [0.25, 0.3) is 0 Å². The minimum absolute atomic E-state index is 0.0158. The van der Waals surface area contributed by atoms with E-state index in [4.69, 9.17) is 23.2 Å². The summed E-state index contributed by atoms with van der Waals surface area (Å²) in [6.07, 6.45) is 0.177. The van der Waals surface area contributed by atoms with Gasteiger partial charge in [0.25, 0.3) is 10.0 Å². The molecular formula is C21H21Cl2N5O4S. The molecular weight excluding hydrogens is 489 g/mol. The van der Waals surface area contributed by atoms with Crippen LogP contribution in [0.3, 0.4) is 0 Å². The van der Waals surface area contributed by atoms with Crippen molar-refractivity contribution in [2.45, 2.75) is 31.2 Å². The van der Waals surface area contributed by atoms with Crippen molar-refractivity contribution >= 4 is 62.2 Å². The van der Waals surface area contributed by atoms with E-state index in [0.29, 0.717) is 11.4 Å². The fourth-order valence-electron chi connectivity index (χ4n) is 3.02. The predicted octanol–water partition coefficient (Wildman–Crippen LogP) is 5.61. The zero-order valence-electron chi connectivity index (χ0n) is 17.9. The van der Waals surface area contributed by atoms with Gasteiger partial charge in [0.2, 0.25) is 5.28 Å². The van der Waals surface area contributed by atoms with Crippen LogP contribution in [0.1, 0.15) is 20.8 Å². The summed E-state index contributed by atoms with van der Waals surface area (Å²) in [4.78, 5) is 20.6. The number of carboxylic acid groups (broad SMARTS) is 1. The molecule has 1 heterocycles. The first-order valence-electron chi connectivity index (χ1n) is 9.58. The van der Waals surface area contributed by atoms with Crippen LogP contribution in [0.2, 0.25) is 10.3 Å². The fraction of sp³-hybridized carbons (Fsp3) is 0.190. The summed E-state index contributed by atoms with van der Waals surface area (Å²) in [5.41, 5.74) is 0.232. The van der Waals surface area contributed by atoms with Crippen molar-refractivity contribution in [1.29, 1.82) is 0 Å². The molecule has 3 aromatic rings. The van der Waals surface area contributed by atoms with Gasteiger partial charge in [-0.3, -0.25) is 9.62 Å².